The van der Waals surface area contributed by atoms with E-state index in [2.05, 4.69) is 5.32 Å². The summed E-state index contributed by atoms with van der Waals surface area (Å²) in [5.74, 6) is -0.894. The number of likely N-dealkylation sites (tertiary alicyclic amines) is 1. The van der Waals surface area contributed by atoms with Gasteiger partial charge in [0.2, 0.25) is 5.91 Å². The third kappa shape index (κ3) is 6.06. The normalized spacial score (nSPS) is 19.9. The van der Waals surface area contributed by atoms with Gasteiger partial charge in [0.1, 0.15) is 24.8 Å². The number of carboxylic acids is 1. The van der Waals surface area contributed by atoms with Crippen LogP contribution in [0.3, 0.4) is 0 Å². The molecule has 3 aromatic rings. The van der Waals surface area contributed by atoms with Crippen LogP contribution in [0.25, 0.3) is 0 Å². The van der Waals surface area contributed by atoms with E-state index in [9.17, 15) is 19.1 Å². The molecule has 2 aliphatic heterocycles. The van der Waals surface area contributed by atoms with Crippen molar-refractivity contribution in [3.05, 3.63) is 82.7 Å². The van der Waals surface area contributed by atoms with Crippen molar-refractivity contribution in [2.24, 2.45) is 5.92 Å². The molecule has 0 aromatic heterocycles. The topological polar surface area (TPSA) is 97.3 Å². The molecule has 222 valence electrons. The Labute approximate surface area is 245 Å². The molecule has 2 N–H and O–H groups in total. The van der Waals surface area contributed by atoms with Crippen molar-refractivity contribution in [2.75, 3.05) is 38.2 Å². The minimum absolute atomic E-state index is 0.0353. The highest BCUT2D eigenvalue weighted by Crippen LogP contribution is 2.47. The van der Waals surface area contributed by atoms with E-state index in [0.717, 1.165) is 22.3 Å². The largest absolute Gasteiger partial charge is 0.494 e. The van der Waals surface area contributed by atoms with Gasteiger partial charge < -0.3 is 24.6 Å². The molecule has 0 spiro atoms. The summed E-state index contributed by atoms with van der Waals surface area (Å²) in [7, 11) is 0. The van der Waals surface area contributed by atoms with E-state index >= 15 is 0 Å². The maximum atomic E-state index is 14.2. The summed E-state index contributed by atoms with van der Waals surface area (Å²) in [4.78, 5) is 28.4. The molecule has 3 aromatic carbocycles. The van der Waals surface area contributed by atoms with Gasteiger partial charge in [-0.3, -0.25) is 14.5 Å². The number of aryl methyl sites for hydroxylation is 2. The average molecular weight is 577 g/mol. The van der Waals surface area contributed by atoms with Gasteiger partial charge in [-0.05, 0) is 78.4 Å². The standard InChI is InChI=1S/C33H37FN2O6/c1-4-20-15-24(34)16-21(5-2)31(20)35-29(37)19-36-18-26(23-9-12-27-28(17-23)42-14-13-41-27)30(33(38)39)32(36)22-7-10-25(11-8-22)40-6-3/h7-12,15-17,26,30,32H,4-6,13-14,18-19H2,1-3H3,(H,35,37)(H,38,39)/t26-,30?,32+/m1/s1. The van der Waals surface area contributed by atoms with E-state index in [-0.39, 0.29) is 18.3 Å². The number of nitrogens with zero attached hydrogens (tertiary/aromatic N) is 1. The second-order valence-electron chi connectivity index (χ2n) is 10.6. The number of ether oxygens (including phenoxy) is 3. The Hall–Kier alpha value is -4.11. The Morgan fingerprint density at radius 3 is 2.21 bits per heavy atom. The molecule has 0 radical (unpaired) electrons. The van der Waals surface area contributed by atoms with Crippen molar-refractivity contribution < 1.29 is 33.3 Å². The molecule has 42 heavy (non-hydrogen) atoms. The van der Waals surface area contributed by atoms with Crippen LogP contribution in [0.5, 0.6) is 17.2 Å². The first kappa shape index (κ1) is 29.4. The molecule has 0 aliphatic carbocycles. The quantitative estimate of drug-likeness (QED) is 0.324. The second kappa shape index (κ2) is 12.8. The number of carboxylic acid groups (broad SMARTS) is 1. The number of aliphatic carboxylic acids is 1. The Morgan fingerprint density at radius 1 is 0.952 bits per heavy atom. The number of carbonyl (C=O) groups excluding carboxylic acids is 1. The fourth-order valence-corrected chi connectivity index (χ4v) is 6.15. The molecule has 1 saturated heterocycles. The zero-order valence-electron chi connectivity index (χ0n) is 24.2. The summed E-state index contributed by atoms with van der Waals surface area (Å²) < 4.78 is 31.3. The summed E-state index contributed by atoms with van der Waals surface area (Å²) in [5, 5.41) is 13.6. The Balaban J connectivity index is 1.49. The number of nitrogens with one attached hydrogen (secondary N) is 1. The van der Waals surface area contributed by atoms with Crippen molar-refractivity contribution in [1.82, 2.24) is 4.90 Å². The van der Waals surface area contributed by atoms with Crippen LogP contribution < -0.4 is 19.5 Å². The molecule has 0 bridgehead atoms. The van der Waals surface area contributed by atoms with E-state index < -0.39 is 23.8 Å². The predicted molar refractivity (Wildman–Crippen MR) is 157 cm³/mol. The minimum atomic E-state index is -0.947. The van der Waals surface area contributed by atoms with Crippen LogP contribution in [0.1, 0.15) is 55.0 Å². The lowest BCUT2D eigenvalue weighted by Crippen LogP contribution is -2.35. The van der Waals surface area contributed by atoms with Gasteiger partial charge in [-0.15, -0.1) is 0 Å². The summed E-state index contributed by atoms with van der Waals surface area (Å²) in [6.07, 6.45) is 1.12. The molecule has 9 heteroatoms. The summed E-state index contributed by atoms with van der Waals surface area (Å²) in [5.41, 5.74) is 3.67. The van der Waals surface area contributed by atoms with E-state index in [4.69, 9.17) is 14.2 Å². The molecule has 3 atom stereocenters. The lowest BCUT2D eigenvalue weighted by molar-refractivity contribution is -0.143. The van der Waals surface area contributed by atoms with Gasteiger partial charge in [0, 0.05) is 24.2 Å². The first-order valence-electron chi connectivity index (χ1n) is 14.5. The number of fused-ring (bicyclic) bond motifs is 1. The number of amides is 1. The lowest BCUT2D eigenvalue weighted by atomic mass is 9.82. The smallest absolute Gasteiger partial charge is 0.309 e. The molecule has 0 saturated carbocycles. The van der Waals surface area contributed by atoms with E-state index in [1.54, 1.807) is 0 Å². The van der Waals surface area contributed by atoms with E-state index in [0.29, 0.717) is 62.1 Å². The number of carbonyl (C=O) groups is 2. The van der Waals surface area contributed by atoms with Crippen LogP contribution in [0.2, 0.25) is 0 Å². The highest BCUT2D eigenvalue weighted by atomic mass is 19.1. The fourth-order valence-electron chi connectivity index (χ4n) is 6.15. The molecule has 8 nitrogen and oxygen atoms in total. The summed E-state index contributed by atoms with van der Waals surface area (Å²) in [6.45, 7) is 7.44. The molecule has 1 amide bonds. The third-order valence-corrected chi connectivity index (χ3v) is 8.05. The predicted octanol–water partition coefficient (Wildman–Crippen LogP) is 5.60. The van der Waals surface area contributed by atoms with Crippen molar-refractivity contribution in [3.8, 4) is 17.2 Å². The molecule has 5 rings (SSSR count). The van der Waals surface area contributed by atoms with Gasteiger partial charge in [-0.25, -0.2) is 4.39 Å². The van der Waals surface area contributed by atoms with Crippen LogP contribution in [0.15, 0.2) is 54.6 Å². The second-order valence-corrected chi connectivity index (χ2v) is 10.6. The van der Waals surface area contributed by atoms with Gasteiger partial charge in [0.05, 0.1) is 19.1 Å². The summed E-state index contributed by atoms with van der Waals surface area (Å²) in [6, 6.07) is 15.3. The van der Waals surface area contributed by atoms with Gasteiger partial charge >= 0.3 is 5.97 Å². The van der Waals surface area contributed by atoms with Crippen LogP contribution in [0, 0.1) is 11.7 Å². The van der Waals surface area contributed by atoms with Crippen LogP contribution >= 0.6 is 0 Å². The number of rotatable bonds is 10. The van der Waals surface area contributed by atoms with Crippen LogP contribution in [0.4, 0.5) is 10.1 Å². The number of hydrogen-bond donors (Lipinski definition) is 2. The molecular formula is C33H37FN2O6. The van der Waals surface area contributed by atoms with Crippen molar-refractivity contribution in [3.63, 3.8) is 0 Å². The lowest BCUT2D eigenvalue weighted by Gasteiger charge is -2.27. The van der Waals surface area contributed by atoms with Crippen LogP contribution in [-0.4, -0.2) is 54.8 Å². The van der Waals surface area contributed by atoms with E-state index in [1.807, 2.05) is 68.1 Å². The average Bonchev–Trinajstić information content (AvgIpc) is 3.37. The number of halogens is 1. The minimum Gasteiger partial charge on any atom is -0.494 e. The molecule has 1 fully saturated rings. The van der Waals surface area contributed by atoms with Crippen molar-refractivity contribution in [2.45, 2.75) is 45.6 Å². The molecule has 2 heterocycles. The first-order chi connectivity index (χ1) is 20.3. The Morgan fingerprint density at radius 2 is 1.60 bits per heavy atom. The molecule has 1 unspecified atom stereocenters. The highest BCUT2D eigenvalue weighted by Gasteiger charge is 2.48. The zero-order chi connectivity index (χ0) is 29.8. The first-order valence-corrected chi connectivity index (χ1v) is 14.5. The maximum absolute atomic E-state index is 14.2. The Kier molecular flexibility index (Phi) is 8.97. The fraction of sp³-hybridized carbons (Fsp3) is 0.394. The number of benzene rings is 3. The van der Waals surface area contributed by atoms with Gasteiger partial charge in [-0.2, -0.15) is 0 Å². The maximum Gasteiger partial charge on any atom is 0.309 e. The van der Waals surface area contributed by atoms with Crippen molar-refractivity contribution in [1.29, 1.82) is 0 Å². The van der Waals surface area contributed by atoms with Gasteiger partial charge in [0.15, 0.2) is 11.5 Å². The van der Waals surface area contributed by atoms with Gasteiger partial charge in [-0.1, -0.05) is 32.0 Å². The third-order valence-electron chi connectivity index (χ3n) is 8.05. The monoisotopic (exact) mass is 576 g/mol. The van der Waals surface area contributed by atoms with Crippen molar-refractivity contribution >= 4 is 17.6 Å². The number of anilines is 1. The Bertz CT molecular complexity index is 1420. The summed E-state index contributed by atoms with van der Waals surface area (Å²) >= 11 is 0. The highest BCUT2D eigenvalue weighted by molar-refractivity contribution is 5.94. The molecular weight excluding hydrogens is 539 g/mol. The van der Waals surface area contributed by atoms with E-state index in [1.165, 1.54) is 12.1 Å². The molecule has 2 aliphatic rings. The van der Waals surface area contributed by atoms with Gasteiger partial charge in [0.25, 0.3) is 0 Å². The number of hydrogen-bond acceptors (Lipinski definition) is 6. The zero-order valence-corrected chi connectivity index (χ0v) is 24.2. The SMILES string of the molecule is CCOc1ccc([C@H]2C(C(=O)O)[C@@H](c3ccc4c(c3)OCCO4)CN2CC(=O)Nc2c(CC)cc(F)cc2CC)cc1. The van der Waals surface area contributed by atoms with Crippen LogP contribution in [-0.2, 0) is 22.4 Å².